The molecule has 8 heteroatoms. The maximum Gasteiger partial charge on any atom is 0.341 e. The third-order valence-corrected chi connectivity index (χ3v) is 6.82. The Morgan fingerprint density at radius 1 is 1.34 bits per heavy atom. The Morgan fingerprint density at radius 2 is 2.10 bits per heavy atom. The highest BCUT2D eigenvalue weighted by molar-refractivity contribution is 5.97. The smallest absolute Gasteiger partial charge is 0.341 e. The number of methoxy groups -OCH3 is 1. The van der Waals surface area contributed by atoms with Crippen molar-refractivity contribution < 1.29 is 19.0 Å². The fourth-order valence-electron chi connectivity index (χ4n) is 5.06. The van der Waals surface area contributed by atoms with Crippen molar-refractivity contribution >= 4 is 22.6 Å². The number of carbonyl (C=O) groups is 1. The molecule has 3 aliphatic rings. The molecule has 3 fully saturated rings. The summed E-state index contributed by atoms with van der Waals surface area (Å²) in [7, 11) is 1.46. The van der Waals surface area contributed by atoms with Crippen molar-refractivity contribution in [3.63, 3.8) is 0 Å². The van der Waals surface area contributed by atoms with Gasteiger partial charge in [-0.2, -0.15) is 0 Å². The molecule has 0 amide bonds. The fraction of sp³-hybridized carbons (Fsp3) is 0.524. The molecular formula is C21H24FN3O4. The number of benzene rings is 1. The second kappa shape index (κ2) is 6.45. The third kappa shape index (κ3) is 2.73. The Labute approximate surface area is 166 Å². The molecule has 2 aliphatic carbocycles. The summed E-state index contributed by atoms with van der Waals surface area (Å²) in [4.78, 5) is 26.3. The van der Waals surface area contributed by atoms with E-state index in [1.165, 1.54) is 19.4 Å². The van der Waals surface area contributed by atoms with Crippen LogP contribution in [-0.2, 0) is 0 Å². The molecule has 1 saturated heterocycles. The van der Waals surface area contributed by atoms with Crippen LogP contribution in [0, 0.1) is 17.7 Å². The summed E-state index contributed by atoms with van der Waals surface area (Å²) in [5.74, 6) is -0.646. The number of pyridine rings is 1. The minimum atomic E-state index is -1.31. The van der Waals surface area contributed by atoms with Gasteiger partial charge in [0, 0.05) is 31.4 Å². The Morgan fingerprint density at radius 3 is 2.72 bits per heavy atom. The van der Waals surface area contributed by atoms with Crippen LogP contribution in [0.4, 0.5) is 10.1 Å². The van der Waals surface area contributed by atoms with E-state index < -0.39 is 17.2 Å². The molecule has 2 aromatic rings. The number of aromatic nitrogens is 1. The summed E-state index contributed by atoms with van der Waals surface area (Å²) in [6.07, 6.45) is 5.12. The Bertz CT molecular complexity index is 1080. The van der Waals surface area contributed by atoms with E-state index in [9.17, 15) is 14.7 Å². The van der Waals surface area contributed by atoms with Crippen molar-refractivity contribution in [3.05, 3.63) is 33.9 Å². The van der Waals surface area contributed by atoms with E-state index >= 15 is 4.39 Å². The van der Waals surface area contributed by atoms with Crippen LogP contribution in [0.3, 0.4) is 0 Å². The zero-order chi connectivity index (χ0) is 20.4. The third-order valence-electron chi connectivity index (χ3n) is 6.82. The summed E-state index contributed by atoms with van der Waals surface area (Å²) in [6, 6.07) is 1.41. The zero-order valence-corrected chi connectivity index (χ0v) is 16.2. The van der Waals surface area contributed by atoms with E-state index in [2.05, 4.69) is 0 Å². The SMILES string of the molecule is COc1c(N2CC[C@H]3C[C@@H](N)[C@H]3C2)c(F)cc2c(=O)c(C(=O)O)cn(C3CC3)c12. The number of carboxylic acid groups (broad SMARTS) is 1. The lowest BCUT2D eigenvalue weighted by molar-refractivity contribution is 0.0695. The number of piperidine rings is 1. The van der Waals surface area contributed by atoms with E-state index in [4.69, 9.17) is 10.5 Å². The van der Waals surface area contributed by atoms with Gasteiger partial charge in [0.15, 0.2) is 11.6 Å². The monoisotopic (exact) mass is 401 g/mol. The number of ether oxygens (including phenoxy) is 1. The first-order valence-electron chi connectivity index (χ1n) is 10.1. The predicted molar refractivity (Wildman–Crippen MR) is 106 cm³/mol. The lowest BCUT2D eigenvalue weighted by Gasteiger charge is -2.50. The predicted octanol–water partition coefficient (Wildman–Crippen LogP) is 2.36. The van der Waals surface area contributed by atoms with Gasteiger partial charge in [-0.15, -0.1) is 0 Å². The number of nitrogens with zero attached hydrogens (tertiary/aromatic N) is 2. The van der Waals surface area contributed by atoms with E-state index in [0.717, 1.165) is 25.7 Å². The van der Waals surface area contributed by atoms with Gasteiger partial charge in [0.25, 0.3) is 0 Å². The number of hydrogen-bond donors (Lipinski definition) is 2. The minimum absolute atomic E-state index is 0.0464. The maximum absolute atomic E-state index is 15.3. The van der Waals surface area contributed by atoms with Gasteiger partial charge in [-0.25, -0.2) is 9.18 Å². The number of hydrogen-bond acceptors (Lipinski definition) is 5. The lowest BCUT2D eigenvalue weighted by atomic mass is 9.66. The van der Waals surface area contributed by atoms with Crippen LogP contribution in [0.5, 0.6) is 5.75 Å². The van der Waals surface area contributed by atoms with E-state index in [0.29, 0.717) is 41.9 Å². The second-order valence-corrected chi connectivity index (χ2v) is 8.51. The van der Waals surface area contributed by atoms with Crippen molar-refractivity contribution in [2.45, 2.75) is 37.8 Å². The molecule has 154 valence electrons. The summed E-state index contributed by atoms with van der Waals surface area (Å²) >= 11 is 0. The van der Waals surface area contributed by atoms with Crippen LogP contribution in [0.25, 0.3) is 10.9 Å². The first-order chi connectivity index (χ1) is 13.9. The van der Waals surface area contributed by atoms with Crippen molar-refractivity contribution in [3.8, 4) is 5.75 Å². The number of aromatic carboxylic acids is 1. The van der Waals surface area contributed by atoms with Crippen molar-refractivity contribution in [1.29, 1.82) is 0 Å². The molecule has 3 atom stereocenters. The first-order valence-corrected chi connectivity index (χ1v) is 10.1. The highest BCUT2D eigenvalue weighted by Crippen LogP contribution is 2.46. The van der Waals surface area contributed by atoms with Crippen LogP contribution in [0.1, 0.15) is 42.1 Å². The van der Waals surface area contributed by atoms with Gasteiger partial charge in [0.05, 0.1) is 18.0 Å². The van der Waals surface area contributed by atoms with Crippen LogP contribution < -0.4 is 20.8 Å². The largest absolute Gasteiger partial charge is 0.492 e. The number of rotatable bonds is 4. The molecule has 2 heterocycles. The molecule has 5 rings (SSSR count). The number of carboxylic acids is 1. The van der Waals surface area contributed by atoms with Gasteiger partial charge in [-0.05, 0) is 43.6 Å². The summed E-state index contributed by atoms with van der Waals surface area (Å²) in [5, 5.41) is 9.48. The number of fused-ring (bicyclic) bond motifs is 2. The molecule has 29 heavy (non-hydrogen) atoms. The Hall–Kier alpha value is -2.61. The average molecular weight is 401 g/mol. The van der Waals surface area contributed by atoms with E-state index in [1.54, 1.807) is 4.57 Å². The number of halogens is 1. The quantitative estimate of drug-likeness (QED) is 0.816. The van der Waals surface area contributed by atoms with E-state index in [1.807, 2.05) is 4.90 Å². The molecule has 0 spiro atoms. The Balaban J connectivity index is 1.73. The molecule has 0 bridgehead atoms. The molecular weight excluding hydrogens is 377 g/mol. The second-order valence-electron chi connectivity index (χ2n) is 8.51. The Kier molecular flexibility index (Phi) is 4.10. The highest BCUT2D eigenvalue weighted by atomic mass is 19.1. The maximum atomic E-state index is 15.3. The van der Waals surface area contributed by atoms with Crippen molar-refractivity contribution in [1.82, 2.24) is 4.57 Å². The molecule has 2 saturated carbocycles. The van der Waals surface area contributed by atoms with Crippen LogP contribution >= 0.6 is 0 Å². The van der Waals surface area contributed by atoms with Crippen molar-refractivity contribution in [2.75, 3.05) is 25.1 Å². The van der Waals surface area contributed by atoms with Gasteiger partial charge in [0.2, 0.25) is 5.43 Å². The molecule has 7 nitrogen and oxygen atoms in total. The summed E-state index contributed by atoms with van der Waals surface area (Å²) in [6.45, 7) is 1.36. The molecule has 0 radical (unpaired) electrons. The van der Waals surface area contributed by atoms with Crippen LogP contribution in [0.15, 0.2) is 17.1 Å². The fourth-order valence-corrected chi connectivity index (χ4v) is 5.06. The number of anilines is 1. The van der Waals surface area contributed by atoms with Gasteiger partial charge in [-0.1, -0.05) is 0 Å². The van der Waals surface area contributed by atoms with E-state index in [-0.39, 0.29) is 23.0 Å². The van der Waals surface area contributed by atoms with Crippen LogP contribution in [-0.4, -0.2) is 41.9 Å². The van der Waals surface area contributed by atoms with Gasteiger partial charge in [0.1, 0.15) is 11.3 Å². The van der Waals surface area contributed by atoms with Gasteiger partial charge in [-0.3, -0.25) is 4.79 Å². The average Bonchev–Trinajstić information content (AvgIpc) is 3.52. The molecule has 1 aromatic heterocycles. The van der Waals surface area contributed by atoms with Gasteiger partial charge >= 0.3 is 5.97 Å². The lowest BCUT2D eigenvalue weighted by Crippen LogP contribution is -2.57. The normalized spacial score (nSPS) is 26.2. The molecule has 3 N–H and O–H groups in total. The van der Waals surface area contributed by atoms with Crippen molar-refractivity contribution in [2.24, 2.45) is 17.6 Å². The number of nitrogens with two attached hydrogens (primary N) is 1. The molecule has 1 aromatic carbocycles. The van der Waals surface area contributed by atoms with Crippen LogP contribution in [0.2, 0.25) is 0 Å². The highest BCUT2D eigenvalue weighted by Gasteiger charge is 2.43. The summed E-state index contributed by atoms with van der Waals surface area (Å²) < 4.78 is 22.7. The zero-order valence-electron chi connectivity index (χ0n) is 16.2. The summed E-state index contributed by atoms with van der Waals surface area (Å²) in [5.41, 5.74) is 5.94. The van der Waals surface area contributed by atoms with Gasteiger partial charge < -0.3 is 25.0 Å². The minimum Gasteiger partial charge on any atom is -0.492 e. The standard InChI is InChI=1S/C21H24FN3O4/c1-29-20-17-12(19(26)14(21(27)28)9-25(17)11-2-3-11)7-15(22)18(20)24-5-4-10-6-16(23)13(10)8-24/h7,9-11,13,16H,2-6,8,23H2,1H3,(H,27,28)/t10-,13-,16+/m0/s1. The molecule has 1 aliphatic heterocycles. The topological polar surface area (TPSA) is 97.8 Å². The molecule has 0 unspecified atom stereocenters. The first kappa shape index (κ1) is 18.4.